The summed E-state index contributed by atoms with van der Waals surface area (Å²) in [5.41, 5.74) is 8.94. The Bertz CT molecular complexity index is 1390. The summed E-state index contributed by atoms with van der Waals surface area (Å²) in [7, 11) is -5.00. The minimum atomic E-state index is -5.00. The number of thiazole rings is 1. The topological polar surface area (TPSA) is 283 Å². The number of aliphatic carboxylic acids is 1. The highest BCUT2D eigenvalue weighted by atomic mass is 32.2. The van der Waals surface area contributed by atoms with Crippen molar-refractivity contribution < 1.29 is 37.3 Å². The summed E-state index contributed by atoms with van der Waals surface area (Å²) in [5, 5.41) is 31.6. The fourth-order valence-corrected chi connectivity index (χ4v) is 4.98. The van der Waals surface area contributed by atoms with Crippen molar-refractivity contribution in [2.45, 2.75) is 50.0 Å². The smallest absolute Gasteiger partial charge is 0.362 e. The van der Waals surface area contributed by atoms with Crippen LogP contribution in [0.15, 0.2) is 10.5 Å². The van der Waals surface area contributed by atoms with Gasteiger partial charge in [0.15, 0.2) is 16.7 Å². The second-order valence-electron chi connectivity index (χ2n) is 8.61. The molecule has 1 saturated heterocycles. The average Bonchev–Trinajstić information content (AvgIpc) is 3.33. The lowest BCUT2D eigenvalue weighted by Crippen LogP contribution is -2.73. The molecule has 0 radical (unpaired) electrons. The number of nitrogens with two attached hydrogens (primary N) is 2. The number of tetrazole rings is 1. The van der Waals surface area contributed by atoms with E-state index in [1.165, 1.54) is 5.38 Å². The summed E-state index contributed by atoms with van der Waals surface area (Å²) < 4.78 is 33.4. The number of nitrogens with zero attached hydrogens (tertiary/aromatic N) is 7. The zero-order chi connectivity index (χ0) is 28.4. The predicted molar refractivity (Wildman–Crippen MR) is 131 cm³/mol. The SMILES string of the molecule is NCCCNCc1nnn(CC2C(NC(=O)C(=NOC3(C(=O)O)CC3)c3csc(N)n3)C(=O)N2S(=O)(=O)O)n1. The summed E-state index contributed by atoms with van der Waals surface area (Å²) in [6.07, 6.45) is 1.06. The number of carboxylic acids is 1. The fourth-order valence-electron chi connectivity index (χ4n) is 3.56. The Hall–Kier alpha value is -3.79. The van der Waals surface area contributed by atoms with Crippen LogP contribution in [0.5, 0.6) is 0 Å². The third-order valence-electron chi connectivity index (χ3n) is 5.78. The standard InChI is InChI=1S/C18H25N11O8S2/c19-4-1-5-21-6-11-24-27-28(25-11)7-10-13(15(31)29(10)39(34,35)36)23-14(30)12(9-8-38-17(20)22-9)26-37-18(2-3-18)16(32)33/h8,10,13,21H,1-7,19H2,(H2,20,22)(H,23,30)(H,32,33)(H,34,35,36). The molecule has 8 N–H and O–H groups in total. The van der Waals surface area contributed by atoms with Gasteiger partial charge in [-0.2, -0.15) is 13.2 Å². The molecular formula is C18H25N11O8S2. The van der Waals surface area contributed by atoms with Crippen LogP contribution in [0, 0.1) is 0 Å². The molecule has 2 atom stereocenters. The van der Waals surface area contributed by atoms with Crippen LogP contribution in [0.1, 0.15) is 30.8 Å². The zero-order valence-corrected chi connectivity index (χ0v) is 21.8. The maximum Gasteiger partial charge on any atom is 0.362 e. The van der Waals surface area contributed by atoms with Crippen LogP contribution in [0.4, 0.5) is 5.13 Å². The number of rotatable bonds is 14. The second-order valence-corrected chi connectivity index (χ2v) is 10.8. The number of amides is 2. The third-order valence-corrected chi connectivity index (χ3v) is 7.40. The van der Waals surface area contributed by atoms with Gasteiger partial charge in [0.1, 0.15) is 17.8 Å². The van der Waals surface area contributed by atoms with Crippen LogP contribution in [0.3, 0.4) is 0 Å². The molecular weight excluding hydrogens is 562 g/mol. The van der Waals surface area contributed by atoms with E-state index >= 15 is 0 Å². The van der Waals surface area contributed by atoms with Crippen molar-refractivity contribution in [2.24, 2.45) is 10.9 Å². The van der Waals surface area contributed by atoms with Gasteiger partial charge in [0.05, 0.1) is 13.1 Å². The maximum absolute atomic E-state index is 13.1. The van der Waals surface area contributed by atoms with Gasteiger partial charge in [0, 0.05) is 18.2 Å². The molecule has 21 heteroatoms. The van der Waals surface area contributed by atoms with Gasteiger partial charge >= 0.3 is 16.3 Å². The van der Waals surface area contributed by atoms with Crippen molar-refractivity contribution in [3.8, 4) is 0 Å². The largest absolute Gasteiger partial charge is 0.478 e. The lowest BCUT2D eigenvalue weighted by Gasteiger charge is -2.43. The van der Waals surface area contributed by atoms with Crippen LogP contribution in [-0.4, -0.2) is 102 Å². The molecule has 2 unspecified atom stereocenters. The third kappa shape index (κ3) is 6.27. The Morgan fingerprint density at radius 2 is 2.10 bits per heavy atom. The lowest BCUT2D eigenvalue weighted by atomic mass is 9.98. The normalized spacial score (nSPS) is 20.4. The van der Waals surface area contributed by atoms with E-state index in [0.717, 1.165) is 22.6 Å². The van der Waals surface area contributed by atoms with Crippen molar-refractivity contribution in [3.63, 3.8) is 0 Å². The molecule has 2 fully saturated rings. The minimum absolute atomic E-state index is 0.0594. The van der Waals surface area contributed by atoms with Crippen LogP contribution in [0.25, 0.3) is 0 Å². The van der Waals surface area contributed by atoms with Crippen molar-refractivity contribution in [3.05, 3.63) is 16.9 Å². The fraction of sp³-hybridized carbons (Fsp3) is 0.556. The first-order chi connectivity index (χ1) is 18.4. The molecule has 2 aromatic rings. The maximum atomic E-state index is 13.1. The first kappa shape index (κ1) is 28.2. The summed E-state index contributed by atoms with van der Waals surface area (Å²) >= 11 is 0.969. The molecule has 0 bridgehead atoms. The highest BCUT2D eigenvalue weighted by Gasteiger charge is 2.56. The average molecular weight is 588 g/mol. The number of anilines is 1. The van der Waals surface area contributed by atoms with E-state index in [0.29, 0.717) is 13.1 Å². The second kappa shape index (κ2) is 11.1. The number of hydrogen-bond donors (Lipinski definition) is 6. The van der Waals surface area contributed by atoms with Crippen molar-refractivity contribution in [2.75, 3.05) is 18.8 Å². The van der Waals surface area contributed by atoms with E-state index in [2.05, 4.69) is 36.2 Å². The van der Waals surface area contributed by atoms with E-state index in [1.807, 2.05) is 0 Å². The van der Waals surface area contributed by atoms with Gasteiger partial charge in [-0.15, -0.1) is 21.5 Å². The van der Waals surface area contributed by atoms with E-state index in [4.69, 9.17) is 16.3 Å². The molecule has 4 rings (SSSR count). The van der Waals surface area contributed by atoms with Gasteiger partial charge in [0.2, 0.25) is 5.60 Å². The molecule has 0 spiro atoms. The summed E-state index contributed by atoms with van der Waals surface area (Å²) in [6, 6.07) is -2.80. The van der Waals surface area contributed by atoms with Gasteiger partial charge in [0.25, 0.3) is 11.8 Å². The number of nitrogens with one attached hydrogen (secondary N) is 2. The van der Waals surface area contributed by atoms with Gasteiger partial charge < -0.3 is 32.0 Å². The predicted octanol–water partition coefficient (Wildman–Crippen LogP) is -3.31. The monoisotopic (exact) mass is 587 g/mol. The minimum Gasteiger partial charge on any atom is -0.478 e. The van der Waals surface area contributed by atoms with Crippen molar-refractivity contribution in [1.82, 2.24) is 40.1 Å². The number of hydrogen-bond acceptors (Lipinski definition) is 15. The molecule has 1 aliphatic heterocycles. The zero-order valence-electron chi connectivity index (χ0n) is 20.1. The van der Waals surface area contributed by atoms with Gasteiger partial charge in [-0.25, -0.2) is 14.1 Å². The van der Waals surface area contributed by atoms with Gasteiger partial charge in [-0.05, 0) is 24.7 Å². The van der Waals surface area contributed by atoms with Crippen LogP contribution >= 0.6 is 11.3 Å². The van der Waals surface area contributed by atoms with E-state index in [1.54, 1.807) is 0 Å². The summed E-state index contributed by atoms with van der Waals surface area (Å²) in [6.45, 7) is 0.996. The Balaban J connectivity index is 1.51. The molecule has 1 saturated carbocycles. The van der Waals surface area contributed by atoms with Crippen LogP contribution in [-0.2, 0) is 42.6 Å². The molecule has 3 heterocycles. The highest BCUT2D eigenvalue weighted by Crippen LogP contribution is 2.40. The van der Waals surface area contributed by atoms with Gasteiger partial charge in [-0.1, -0.05) is 5.16 Å². The molecule has 2 amide bonds. The first-order valence-corrected chi connectivity index (χ1v) is 13.7. The Labute approximate surface area is 224 Å². The Morgan fingerprint density at radius 3 is 2.69 bits per heavy atom. The van der Waals surface area contributed by atoms with Crippen molar-refractivity contribution in [1.29, 1.82) is 0 Å². The van der Waals surface area contributed by atoms with Gasteiger partial charge in [-0.3, -0.25) is 14.1 Å². The number of nitrogen functional groups attached to an aromatic ring is 1. The van der Waals surface area contributed by atoms with Crippen LogP contribution < -0.4 is 22.1 Å². The molecule has 2 aliphatic rings. The quantitative estimate of drug-likeness (QED) is 0.0414. The Kier molecular flexibility index (Phi) is 8.06. The van der Waals surface area contributed by atoms with E-state index in [9.17, 15) is 32.5 Å². The summed E-state index contributed by atoms with van der Waals surface area (Å²) in [4.78, 5) is 47.3. The van der Waals surface area contributed by atoms with E-state index < -0.39 is 51.5 Å². The number of carbonyl (C=O) groups excluding carboxylic acids is 2. The number of aromatic nitrogens is 5. The number of carbonyl (C=O) groups is 3. The molecule has 39 heavy (non-hydrogen) atoms. The molecule has 0 aromatic carbocycles. The molecule has 19 nitrogen and oxygen atoms in total. The number of carboxylic acid groups (broad SMARTS) is 1. The van der Waals surface area contributed by atoms with Crippen molar-refractivity contribution >= 4 is 50.3 Å². The molecule has 1 aliphatic carbocycles. The number of β-lactam (4-membered cyclic amide) rings is 1. The van der Waals surface area contributed by atoms with E-state index in [-0.39, 0.29) is 46.9 Å². The first-order valence-electron chi connectivity index (χ1n) is 11.4. The molecule has 212 valence electrons. The highest BCUT2D eigenvalue weighted by molar-refractivity contribution is 7.84. The lowest BCUT2D eigenvalue weighted by molar-refractivity contribution is -0.153. The summed E-state index contributed by atoms with van der Waals surface area (Å²) in [5.74, 6) is -3.16. The number of oxime groups is 1. The Morgan fingerprint density at radius 1 is 1.36 bits per heavy atom. The molecule has 2 aromatic heterocycles. The van der Waals surface area contributed by atoms with Crippen LogP contribution in [0.2, 0.25) is 0 Å².